The minimum atomic E-state index is -0.103. The van der Waals surface area contributed by atoms with Crippen LogP contribution >= 0.6 is 0 Å². The summed E-state index contributed by atoms with van der Waals surface area (Å²) in [6.07, 6.45) is 2.60. The summed E-state index contributed by atoms with van der Waals surface area (Å²) in [5, 5.41) is 3.33. The maximum absolute atomic E-state index is 13.4. The van der Waals surface area contributed by atoms with Crippen LogP contribution in [0.25, 0.3) is 0 Å². The Kier molecular flexibility index (Phi) is 2.79. The maximum Gasteiger partial charge on any atom is 0.127 e. The summed E-state index contributed by atoms with van der Waals surface area (Å²) in [4.78, 5) is 0. The summed E-state index contributed by atoms with van der Waals surface area (Å²) in [7, 11) is 0. The summed E-state index contributed by atoms with van der Waals surface area (Å²) < 4.78 is 13.4. The van der Waals surface area contributed by atoms with Crippen LogP contribution in [0.15, 0.2) is 18.2 Å². The van der Waals surface area contributed by atoms with Crippen molar-refractivity contribution in [3.63, 3.8) is 0 Å². The van der Waals surface area contributed by atoms with E-state index in [0.717, 1.165) is 17.7 Å². The molecule has 0 amide bonds. The molecular formula is C13H18FN. The Bertz CT molecular complexity index is 356. The Morgan fingerprint density at radius 1 is 1.40 bits per heavy atom. The van der Waals surface area contributed by atoms with Crippen molar-refractivity contribution < 1.29 is 4.39 Å². The van der Waals surface area contributed by atoms with Crippen molar-refractivity contribution in [2.45, 2.75) is 33.2 Å². The highest BCUT2D eigenvalue weighted by Crippen LogP contribution is 2.44. The molecule has 0 aliphatic heterocycles. The van der Waals surface area contributed by atoms with Gasteiger partial charge in [-0.2, -0.15) is 0 Å². The Labute approximate surface area is 90.7 Å². The van der Waals surface area contributed by atoms with E-state index in [9.17, 15) is 4.39 Å². The molecule has 1 fully saturated rings. The monoisotopic (exact) mass is 207 g/mol. The van der Waals surface area contributed by atoms with Crippen LogP contribution < -0.4 is 5.32 Å². The van der Waals surface area contributed by atoms with Crippen molar-refractivity contribution in [2.75, 3.05) is 6.54 Å². The second-order valence-corrected chi connectivity index (χ2v) is 5.01. The van der Waals surface area contributed by atoms with E-state index in [0.29, 0.717) is 12.0 Å². The third kappa shape index (κ3) is 2.78. The minimum Gasteiger partial charge on any atom is -0.312 e. The van der Waals surface area contributed by atoms with E-state index in [2.05, 4.69) is 12.2 Å². The van der Waals surface area contributed by atoms with E-state index in [1.54, 1.807) is 12.1 Å². The fourth-order valence-electron chi connectivity index (χ4n) is 1.73. The van der Waals surface area contributed by atoms with Gasteiger partial charge in [-0.1, -0.05) is 24.6 Å². The molecule has 1 N–H and O–H groups in total. The summed E-state index contributed by atoms with van der Waals surface area (Å²) in [5.74, 6) is -0.103. The quantitative estimate of drug-likeness (QED) is 0.800. The second-order valence-electron chi connectivity index (χ2n) is 5.01. The standard InChI is InChI=1S/C13H18FN/c1-10-3-4-12(14)11(7-10)8-15-9-13(2)5-6-13/h3-4,7,15H,5-6,8-9H2,1-2H3. The normalized spacial score (nSPS) is 17.8. The molecule has 0 heterocycles. The fourth-order valence-corrected chi connectivity index (χ4v) is 1.73. The molecule has 2 heteroatoms. The van der Waals surface area contributed by atoms with Gasteiger partial charge in [-0.05, 0) is 31.2 Å². The molecule has 0 spiro atoms. The van der Waals surface area contributed by atoms with Crippen LogP contribution in [0.2, 0.25) is 0 Å². The van der Waals surface area contributed by atoms with Gasteiger partial charge in [0.25, 0.3) is 0 Å². The Hall–Kier alpha value is -0.890. The highest BCUT2D eigenvalue weighted by molar-refractivity contribution is 5.23. The SMILES string of the molecule is Cc1ccc(F)c(CNCC2(C)CC2)c1. The van der Waals surface area contributed by atoms with Gasteiger partial charge in [0.1, 0.15) is 5.82 Å². The first-order valence-electron chi connectivity index (χ1n) is 5.55. The number of halogens is 1. The molecule has 82 valence electrons. The number of aryl methyl sites for hydroxylation is 1. The second kappa shape index (κ2) is 3.93. The van der Waals surface area contributed by atoms with Gasteiger partial charge in [0.05, 0.1) is 0 Å². The molecule has 0 radical (unpaired) electrons. The largest absolute Gasteiger partial charge is 0.312 e. The van der Waals surface area contributed by atoms with Crippen LogP contribution in [0.3, 0.4) is 0 Å². The average molecular weight is 207 g/mol. The Morgan fingerprint density at radius 3 is 2.80 bits per heavy atom. The predicted molar refractivity (Wildman–Crippen MR) is 60.2 cm³/mol. The van der Waals surface area contributed by atoms with Gasteiger partial charge in [0.15, 0.2) is 0 Å². The van der Waals surface area contributed by atoms with Crippen molar-refractivity contribution >= 4 is 0 Å². The lowest BCUT2D eigenvalue weighted by Crippen LogP contribution is -2.22. The molecular weight excluding hydrogens is 189 g/mol. The molecule has 1 aromatic rings. The molecule has 1 saturated carbocycles. The van der Waals surface area contributed by atoms with E-state index >= 15 is 0 Å². The zero-order valence-electron chi connectivity index (χ0n) is 9.44. The van der Waals surface area contributed by atoms with Crippen molar-refractivity contribution in [1.82, 2.24) is 5.32 Å². The molecule has 1 aliphatic carbocycles. The van der Waals surface area contributed by atoms with Gasteiger partial charge < -0.3 is 5.32 Å². The van der Waals surface area contributed by atoms with Crippen LogP contribution in [0, 0.1) is 18.2 Å². The van der Waals surface area contributed by atoms with E-state index in [-0.39, 0.29) is 5.82 Å². The third-order valence-electron chi connectivity index (χ3n) is 3.17. The van der Waals surface area contributed by atoms with Crippen molar-refractivity contribution in [1.29, 1.82) is 0 Å². The number of rotatable bonds is 4. The molecule has 1 nitrogen and oxygen atoms in total. The van der Waals surface area contributed by atoms with Gasteiger partial charge in [0.2, 0.25) is 0 Å². The fraction of sp³-hybridized carbons (Fsp3) is 0.538. The smallest absolute Gasteiger partial charge is 0.127 e. The van der Waals surface area contributed by atoms with E-state index < -0.39 is 0 Å². The summed E-state index contributed by atoms with van der Waals surface area (Å²) in [6.45, 7) is 5.90. The Balaban J connectivity index is 1.89. The maximum atomic E-state index is 13.4. The first-order chi connectivity index (χ1) is 7.09. The highest BCUT2D eigenvalue weighted by atomic mass is 19.1. The van der Waals surface area contributed by atoms with Crippen molar-refractivity contribution in [2.24, 2.45) is 5.41 Å². The van der Waals surface area contributed by atoms with Crippen LogP contribution in [0.5, 0.6) is 0 Å². The molecule has 0 aromatic heterocycles. The molecule has 1 aliphatic rings. The number of nitrogens with one attached hydrogen (secondary N) is 1. The van der Waals surface area contributed by atoms with Crippen LogP contribution in [0.4, 0.5) is 4.39 Å². The zero-order chi connectivity index (χ0) is 10.9. The van der Waals surface area contributed by atoms with E-state index in [1.807, 2.05) is 13.0 Å². The number of benzene rings is 1. The van der Waals surface area contributed by atoms with Gasteiger partial charge in [0, 0.05) is 18.7 Å². The number of hydrogen-bond acceptors (Lipinski definition) is 1. The first-order valence-corrected chi connectivity index (χ1v) is 5.55. The van der Waals surface area contributed by atoms with Crippen molar-refractivity contribution in [3.8, 4) is 0 Å². The van der Waals surface area contributed by atoms with E-state index in [1.165, 1.54) is 12.8 Å². The lowest BCUT2D eigenvalue weighted by molar-refractivity contribution is 0.491. The van der Waals surface area contributed by atoms with Gasteiger partial charge >= 0.3 is 0 Å². The van der Waals surface area contributed by atoms with Gasteiger partial charge in [-0.3, -0.25) is 0 Å². The predicted octanol–water partition coefficient (Wildman–Crippen LogP) is 3.02. The zero-order valence-corrected chi connectivity index (χ0v) is 9.44. The average Bonchev–Trinajstić information content (AvgIpc) is 2.90. The van der Waals surface area contributed by atoms with Gasteiger partial charge in [-0.15, -0.1) is 0 Å². The first kappa shape index (κ1) is 10.6. The van der Waals surface area contributed by atoms with Crippen molar-refractivity contribution in [3.05, 3.63) is 35.1 Å². The topological polar surface area (TPSA) is 12.0 Å². The third-order valence-corrected chi connectivity index (χ3v) is 3.17. The molecule has 1 aromatic carbocycles. The van der Waals surface area contributed by atoms with Crippen LogP contribution in [-0.4, -0.2) is 6.54 Å². The minimum absolute atomic E-state index is 0.103. The van der Waals surface area contributed by atoms with Gasteiger partial charge in [-0.25, -0.2) is 4.39 Å². The summed E-state index contributed by atoms with van der Waals surface area (Å²) in [6, 6.07) is 5.27. The van der Waals surface area contributed by atoms with Crippen LogP contribution in [-0.2, 0) is 6.54 Å². The Morgan fingerprint density at radius 2 is 2.13 bits per heavy atom. The lowest BCUT2D eigenvalue weighted by atomic mass is 10.1. The molecule has 0 bridgehead atoms. The van der Waals surface area contributed by atoms with E-state index in [4.69, 9.17) is 0 Å². The summed E-state index contributed by atoms with van der Waals surface area (Å²) >= 11 is 0. The highest BCUT2D eigenvalue weighted by Gasteiger charge is 2.36. The molecule has 2 rings (SSSR count). The molecule has 0 saturated heterocycles. The molecule has 0 unspecified atom stereocenters. The van der Waals surface area contributed by atoms with Crippen LogP contribution in [0.1, 0.15) is 30.9 Å². The number of hydrogen-bond donors (Lipinski definition) is 1. The molecule has 15 heavy (non-hydrogen) atoms. The summed E-state index contributed by atoms with van der Waals surface area (Å²) in [5.41, 5.74) is 2.38. The molecule has 0 atom stereocenters. The lowest BCUT2D eigenvalue weighted by Gasteiger charge is -2.10.